The van der Waals surface area contributed by atoms with Crippen LogP contribution in [0.4, 0.5) is 0 Å². The Hall–Kier alpha value is -1.77. The van der Waals surface area contributed by atoms with E-state index in [1.807, 2.05) is 13.8 Å². The number of piperazine rings is 1. The Morgan fingerprint density at radius 3 is 2.19 bits per heavy atom. The van der Waals surface area contributed by atoms with Gasteiger partial charge in [-0.05, 0) is 45.9 Å². The van der Waals surface area contributed by atoms with Gasteiger partial charge in [0.25, 0.3) is 10.0 Å². The number of aliphatic imine (C=N–C) groups is 1. The van der Waals surface area contributed by atoms with Crippen molar-refractivity contribution in [1.29, 1.82) is 0 Å². The van der Waals surface area contributed by atoms with E-state index in [0.29, 0.717) is 5.84 Å². The quantitative estimate of drug-likeness (QED) is 0.711. The third-order valence-electron chi connectivity index (χ3n) is 6.95. The number of benzene rings is 1. The van der Waals surface area contributed by atoms with Crippen molar-refractivity contribution >= 4 is 21.8 Å². The maximum absolute atomic E-state index is 13.7. The van der Waals surface area contributed by atoms with Crippen LogP contribution in [-0.2, 0) is 14.8 Å². The number of nitrogens with zero attached hydrogens (tertiary/aromatic N) is 4. The molecule has 1 saturated carbocycles. The van der Waals surface area contributed by atoms with Crippen LogP contribution in [0.2, 0.25) is 0 Å². The van der Waals surface area contributed by atoms with Crippen molar-refractivity contribution < 1.29 is 13.2 Å². The number of carbonyl (C=O) groups is 1. The molecule has 31 heavy (non-hydrogen) atoms. The predicted octanol–water partition coefficient (Wildman–Crippen LogP) is 2.59. The summed E-state index contributed by atoms with van der Waals surface area (Å²) in [5, 5.41) is 0. The van der Waals surface area contributed by atoms with E-state index in [9.17, 15) is 13.2 Å². The normalized spacial score (nSPS) is 27.8. The van der Waals surface area contributed by atoms with Crippen LogP contribution in [0.25, 0.3) is 0 Å². The summed E-state index contributed by atoms with van der Waals surface area (Å²) in [7, 11) is -1.94. The Morgan fingerprint density at radius 2 is 1.58 bits per heavy atom. The molecule has 7 nitrogen and oxygen atoms in total. The zero-order valence-electron chi connectivity index (χ0n) is 18.8. The SMILES string of the molecule is CN1CCN(C2C(=NC3CCCCC3)N(S(=O)(=O)c3ccccc3)C(=O)C2(C)C)CC1. The van der Waals surface area contributed by atoms with Crippen molar-refractivity contribution in [3.05, 3.63) is 30.3 Å². The molecule has 2 aliphatic heterocycles. The molecule has 0 bridgehead atoms. The highest BCUT2D eigenvalue weighted by molar-refractivity contribution is 7.90. The van der Waals surface area contributed by atoms with Crippen molar-refractivity contribution in [1.82, 2.24) is 14.1 Å². The van der Waals surface area contributed by atoms with Gasteiger partial charge in [0, 0.05) is 26.2 Å². The highest BCUT2D eigenvalue weighted by atomic mass is 32.2. The van der Waals surface area contributed by atoms with E-state index in [1.165, 1.54) is 6.42 Å². The summed E-state index contributed by atoms with van der Waals surface area (Å²) in [6.07, 6.45) is 5.30. The third kappa shape index (κ3) is 4.17. The molecular formula is C23H34N4O3S. The molecule has 1 amide bonds. The Kier molecular flexibility index (Phi) is 6.25. The van der Waals surface area contributed by atoms with Crippen molar-refractivity contribution in [3.8, 4) is 0 Å². The van der Waals surface area contributed by atoms with E-state index in [-0.39, 0.29) is 22.9 Å². The summed E-state index contributed by atoms with van der Waals surface area (Å²) < 4.78 is 28.4. The smallest absolute Gasteiger partial charge is 0.271 e. The molecule has 3 aliphatic rings. The summed E-state index contributed by atoms with van der Waals surface area (Å²) in [4.78, 5) is 23.3. The van der Waals surface area contributed by atoms with Crippen LogP contribution in [0.5, 0.6) is 0 Å². The van der Waals surface area contributed by atoms with E-state index in [4.69, 9.17) is 4.99 Å². The second-order valence-corrected chi connectivity index (χ2v) is 11.4. The lowest BCUT2D eigenvalue weighted by atomic mass is 9.85. The molecule has 170 valence electrons. The van der Waals surface area contributed by atoms with Crippen molar-refractivity contribution in [3.63, 3.8) is 0 Å². The van der Waals surface area contributed by atoms with Gasteiger partial charge in [-0.15, -0.1) is 0 Å². The first-order valence-corrected chi connectivity index (χ1v) is 12.8. The fraction of sp³-hybridized carbons (Fsp3) is 0.652. The van der Waals surface area contributed by atoms with Gasteiger partial charge in [-0.25, -0.2) is 8.42 Å². The average molecular weight is 447 g/mol. The van der Waals surface area contributed by atoms with Gasteiger partial charge in [0.1, 0.15) is 5.84 Å². The highest BCUT2D eigenvalue weighted by Gasteiger charge is 2.58. The molecule has 0 N–H and O–H groups in total. The average Bonchev–Trinajstić information content (AvgIpc) is 2.96. The van der Waals surface area contributed by atoms with Gasteiger partial charge >= 0.3 is 0 Å². The Labute approximate surface area is 186 Å². The Bertz CT molecular complexity index is 931. The van der Waals surface area contributed by atoms with E-state index in [0.717, 1.165) is 56.2 Å². The molecular weight excluding hydrogens is 412 g/mol. The first-order valence-electron chi connectivity index (χ1n) is 11.4. The minimum absolute atomic E-state index is 0.0777. The number of hydrogen-bond acceptors (Lipinski definition) is 6. The van der Waals surface area contributed by atoms with Gasteiger partial charge in [0.15, 0.2) is 0 Å². The predicted molar refractivity (Wildman–Crippen MR) is 121 cm³/mol. The zero-order chi connectivity index (χ0) is 22.2. The maximum atomic E-state index is 13.7. The van der Waals surface area contributed by atoms with Gasteiger partial charge in [0.05, 0.1) is 22.4 Å². The molecule has 1 aliphatic carbocycles. The lowest BCUT2D eigenvalue weighted by molar-refractivity contribution is -0.131. The number of sulfonamides is 1. The molecule has 4 rings (SSSR count). The largest absolute Gasteiger partial charge is 0.304 e. The fourth-order valence-corrected chi connectivity index (χ4v) is 6.63. The summed E-state index contributed by atoms with van der Waals surface area (Å²) in [5.41, 5.74) is -0.870. The molecule has 1 atom stereocenters. The molecule has 2 saturated heterocycles. The van der Waals surface area contributed by atoms with Crippen LogP contribution >= 0.6 is 0 Å². The van der Waals surface area contributed by atoms with Crippen LogP contribution in [0.1, 0.15) is 46.0 Å². The zero-order valence-corrected chi connectivity index (χ0v) is 19.6. The molecule has 2 heterocycles. The highest BCUT2D eigenvalue weighted by Crippen LogP contribution is 2.40. The van der Waals surface area contributed by atoms with E-state index in [2.05, 4.69) is 16.8 Å². The first-order chi connectivity index (χ1) is 14.7. The Morgan fingerprint density at radius 1 is 0.968 bits per heavy atom. The number of amides is 1. The van der Waals surface area contributed by atoms with Crippen molar-refractivity contribution in [2.45, 2.75) is 62.9 Å². The number of amidine groups is 1. The summed E-state index contributed by atoms with van der Waals surface area (Å²) in [6, 6.07) is 8.00. The van der Waals surface area contributed by atoms with Gasteiger partial charge in [-0.2, -0.15) is 4.31 Å². The molecule has 0 aromatic heterocycles. The molecule has 1 unspecified atom stereocenters. The maximum Gasteiger partial charge on any atom is 0.271 e. The van der Waals surface area contributed by atoms with Crippen LogP contribution < -0.4 is 0 Å². The first kappa shape index (κ1) is 22.4. The van der Waals surface area contributed by atoms with Crippen LogP contribution in [0, 0.1) is 5.41 Å². The summed E-state index contributed by atoms with van der Waals surface area (Å²) in [6.45, 7) is 7.11. The second kappa shape index (κ2) is 8.64. The number of carbonyl (C=O) groups excluding carboxylic acids is 1. The third-order valence-corrected chi connectivity index (χ3v) is 8.65. The lowest BCUT2D eigenvalue weighted by Crippen LogP contribution is -2.55. The molecule has 1 aromatic carbocycles. The number of likely N-dealkylation sites (N-methyl/N-ethyl adjacent to an activating group) is 1. The van der Waals surface area contributed by atoms with Gasteiger partial charge < -0.3 is 4.90 Å². The molecule has 0 spiro atoms. The summed E-state index contributed by atoms with van der Waals surface area (Å²) in [5.74, 6) is 0.0464. The van der Waals surface area contributed by atoms with Crippen LogP contribution in [0.15, 0.2) is 40.2 Å². The van der Waals surface area contributed by atoms with Gasteiger partial charge in [-0.3, -0.25) is 14.7 Å². The van der Waals surface area contributed by atoms with Crippen LogP contribution in [0.3, 0.4) is 0 Å². The number of hydrogen-bond donors (Lipinski definition) is 0. The molecule has 8 heteroatoms. The van der Waals surface area contributed by atoms with Crippen molar-refractivity contribution in [2.75, 3.05) is 33.2 Å². The van der Waals surface area contributed by atoms with Crippen LogP contribution in [-0.4, -0.2) is 79.6 Å². The van der Waals surface area contributed by atoms with E-state index in [1.54, 1.807) is 30.3 Å². The minimum Gasteiger partial charge on any atom is -0.304 e. The number of rotatable bonds is 4. The van der Waals surface area contributed by atoms with Gasteiger partial charge in [-0.1, -0.05) is 37.5 Å². The fourth-order valence-electron chi connectivity index (χ4n) is 5.07. The summed E-state index contributed by atoms with van der Waals surface area (Å²) >= 11 is 0. The second-order valence-electron chi connectivity index (χ2n) is 9.63. The van der Waals surface area contributed by atoms with Crippen molar-refractivity contribution in [2.24, 2.45) is 10.4 Å². The lowest BCUT2D eigenvalue weighted by Gasteiger charge is -2.40. The van der Waals surface area contributed by atoms with E-state index < -0.39 is 15.4 Å². The Balaban J connectivity index is 1.80. The standard InChI is InChI=1S/C23H34N4O3S/c1-23(2)20(26-16-14-25(3)15-17-26)21(24-18-10-6-4-7-11-18)27(22(23)28)31(29,30)19-12-8-5-9-13-19/h5,8-9,12-13,18,20H,4,6-7,10-11,14-17H2,1-3H3. The molecule has 1 aromatic rings. The van der Waals surface area contributed by atoms with Gasteiger partial charge in [0.2, 0.25) is 5.91 Å². The molecule has 3 fully saturated rings. The van der Waals surface area contributed by atoms with E-state index >= 15 is 0 Å². The monoisotopic (exact) mass is 446 g/mol. The topological polar surface area (TPSA) is 73.3 Å². The minimum atomic E-state index is -4.03. The molecule has 0 radical (unpaired) electrons.